The number of methoxy groups -OCH3 is 1. The molecular formula is C29H46ClN5O6S. The number of hydrogen-bond acceptors (Lipinski definition) is 10. The van der Waals surface area contributed by atoms with Crippen molar-refractivity contribution >= 4 is 33.2 Å². The molecule has 0 aromatic carbocycles. The van der Waals surface area contributed by atoms with E-state index in [9.17, 15) is 13.2 Å². The summed E-state index contributed by atoms with van der Waals surface area (Å²) in [5.41, 5.74) is 6.18. The summed E-state index contributed by atoms with van der Waals surface area (Å²) < 4.78 is 39.9. The fourth-order valence-corrected chi connectivity index (χ4v) is 5.67. The number of carbonyl (C=O) groups excluding carboxylic acids is 1. The van der Waals surface area contributed by atoms with Crippen LogP contribution >= 0.6 is 11.6 Å². The van der Waals surface area contributed by atoms with E-state index in [2.05, 4.69) is 28.8 Å². The van der Waals surface area contributed by atoms with Gasteiger partial charge in [0.05, 0.1) is 23.7 Å². The maximum absolute atomic E-state index is 12.0. The predicted octanol–water partition coefficient (Wildman–Crippen LogP) is 6.02. The average molecular weight is 628 g/mol. The zero-order valence-electron chi connectivity index (χ0n) is 25.9. The van der Waals surface area contributed by atoms with E-state index in [-0.39, 0.29) is 27.6 Å². The van der Waals surface area contributed by atoms with Gasteiger partial charge in [0.2, 0.25) is 5.75 Å². The zero-order valence-corrected chi connectivity index (χ0v) is 27.4. The molecule has 1 aliphatic carbocycles. The molecule has 2 fully saturated rings. The third kappa shape index (κ3) is 11.1. The van der Waals surface area contributed by atoms with Gasteiger partial charge in [-0.15, -0.1) is 0 Å². The Morgan fingerprint density at radius 1 is 1.10 bits per heavy atom. The van der Waals surface area contributed by atoms with Gasteiger partial charge in [0.1, 0.15) is 18.0 Å². The topological polar surface area (TPSA) is 147 Å². The van der Waals surface area contributed by atoms with E-state index in [0.29, 0.717) is 48.9 Å². The number of nitrogens with zero attached hydrogens (tertiary/aromatic N) is 4. The minimum absolute atomic E-state index is 0.0615. The molecule has 3 heterocycles. The van der Waals surface area contributed by atoms with Gasteiger partial charge in [0, 0.05) is 25.9 Å². The summed E-state index contributed by atoms with van der Waals surface area (Å²) in [6.45, 7) is 12.8. The van der Waals surface area contributed by atoms with Gasteiger partial charge in [-0.2, -0.15) is 4.98 Å². The molecule has 0 radical (unpaired) electrons. The summed E-state index contributed by atoms with van der Waals surface area (Å²) >= 11 is 5.95. The van der Waals surface area contributed by atoms with E-state index in [0.717, 1.165) is 12.8 Å². The number of piperidine rings is 1. The lowest BCUT2D eigenvalue weighted by Crippen LogP contribution is -2.44. The molecular weight excluding hydrogens is 582 g/mol. The first-order valence-electron chi connectivity index (χ1n) is 14.4. The number of nitrogen functional groups attached to an aromatic ring is 1. The Morgan fingerprint density at radius 3 is 2.19 bits per heavy atom. The Morgan fingerprint density at radius 2 is 1.71 bits per heavy atom. The fourth-order valence-electron chi connectivity index (χ4n) is 3.84. The molecule has 1 saturated heterocycles. The maximum atomic E-state index is 12.0. The summed E-state index contributed by atoms with van der Waals surface area (Å²) in [6.07, 6.45) is 7.94. The molecule has 1 saturated carbocycles. The number of likely N-dealkylation sites (tertiary alicyclic amines) is 1. The third-order valence-corrected chi connectivity index (χ3v) is 8.80. The molecule has 11 nitrogen and oxygen atoms in total. The molecule has 2 aromatic heterocycles. The van der Waals surface area contributed by atoms with E-state index in [4.69, 9.17) is 31.5 Å². The SMILES string of the molecule is CCCCC.COc1c(Cl)ncnc1OC1CCN(C(=O)OC(C)(C)C)CC1.Cc1nc(S(=O)(=O)C2CC2)ccc1N. The summed E-state index contributed by atoms with van der Waals surface area (Å²) in [7, 11) is -1.68. The van der Waals surface area contributed by atoms with E-state index < -0.39 is 15.4 Å². The van der Waals surface area contributed by atoms with Crippen LogP contribution in [0.4, 0.5) is 10.5 Å². The number of aromatic nitrogens is 3. The van der Waals surface area contributed by atoms with Gasteiger partial charge in [-0.25, -0.2) is 23.2 Å². The highest BCUT2D eigenvalue weighted by Crippen LogP contribution is 2.33. The normalized spacial score (nSPS) is 15.5. The Kier molecular flexibility index (Phi) is 13.6. The molecule has 2 aromatic rings. The smallest absolute Gasteiger partial charge is 0.410 e. The van der Waals surface area contributed by atoms with Crippen LogP contribution in [-0.2, 0) is 14.6 Å². The number of anilines is 1. The lowest BCUT2D eigenvalue weighted by molar-refractivity contribution is 0.0120. The number of ether oxygens (including phenoxy) is 3. The molecule has 42 heavy (non-hydrogen) atoms. The number of sulfone groups is 1. The van der Waals surface area contributed by atoms with Crippen LogP contribution in [0.1, 0.15) is 85.3 Å². The number of halogens is 1. The lowest BCUT2D eigenvalue weighted by atomic mass is 10.1. The number of amides is 1. The minimum atomic E-state index is -3.17. The summed E-state index contributed by atoms with van der Waals surface area (Å²) in [5.74, 6) is 0.645. The molecule has 0 unspecified atom stereocenters. The van der Waals surface area contributed by atoms with E-state index >= 15 is 0 Å². The van der Waals surface area contributed by atoms with Crippen molar-refractivity contribution < 1.29 is 27.4 Å². The molecule has 1 aliphatic heterocycles. The molecule has 0 spiro atoms. The number of carbonyl (C=O) groups is 1. The Labute approximate surface area is 255 Å². The van der Waals surface area contributed by atoms with Gasteiger partial charge in [-0.3, -0.25) is 0 Å². The predicted molar refractivity (Wildman–Crippen MR) is 164 cm³/mol. The van der Waals surface area contributed by atoms with Crippen LogP contribution in [0.2, 0.25) is 5.15 Å². The summed E-state index contributed by atoms with van der Waals surface area (Å²) in [4.78, 5) is 25.6. The number of nitrogens with two attached hydrogens (primary N) is 1. The van der Waals surface area contributed by atoms with Crippen LogP contribution < -0.4 is 15.2 Å². The van der Waals surface area contributed by atoms with Crippen molar-refractivity contribution in [1.29, 1.82) is 0 Å². The highest BCUT2D eigenvalue weighted by atomic mass is 35.5. The zero-order chi connectivity index (χ0) is 31.5. The molecule has 2 N–H and O–H groups in total. The van der Waals surface area contributed by atoms with Crippen LogP contribution in [0.5, 0.6) is 11.6 Å². The monoisotopic (exact) mass is 627 g/mol. The van der Waals surface area contributed by atoms with E-state index in [1.54, 1.807) is 17.9 Å². The Balaban J connectivity index is 0.000000273. The molecule has 4 rings (SSSR count). The van der Waals surface area contributed by atoms with Crippen molar-refractivity contribution in [2.75, 3.05) is 25.9 Å². The van der Waals surface area contributed by atoms with Crippen LogP contribution in [0.3, 0.4) is 0 Å². The van der Waals surface area contributed by atoms with Crippen LogP contribution in [0.25, 0.3) is 0 Å². The van der Waals surface area contributed by atoms with Gasteiger partial charge in [-0.1, -0.05) is 44.7 Å². The van der Waals surface area contributed by atoms with Crippen LogP contribution in [0.15, 0.2) is 23.5 Å². The minimum Gasteiger partial charge on any atom is -0.489 e. The van der Waals surface area contributed by atoms with Gasteiger partial charge in [-0.05, 0) is 52.7 Å². The van der Waals surface area contributed by atoms with Crippen LogP contribution in [-0.4, -0.2) is 71.5 Å². The van der Waals surface area contributed by atoms with E-state index in [1.807, 2.05) is 20.8 Å². The van der Waals surface area contributed by atoms with Gasteiger partial charge in [0.25, 0.3) is 5.88 Å². The van der Waals surface area contributed by atoms with Crippen molar-refractivity contribution in [3.8, 4) is 11.6 Å². The number of aryl methyl sites for hydroxylation is 1. The second-order valence-electron chi connectivity index (χ2n) is 11.2. The second-order valence-corrected chi connectivity index (χ2v) is 13.7. The highest BCUT2D eigenvalue weighted by molar-refractivity contribution is 7.92. The highest BCUT2D eigenvalue weighted by Gasteiger charge is 2.38. The Bertz CT molecular complexity index is 1260. The van der Waals surface area contributed by atoms with Crippen LogP contribution in [0, 0.1) is 6.92 Å². The van der Waals surface area contributed by atoms with Crippen molar-refractivity contribution in [3.05, 3.63) is 29.3 Å². The molecule has 13 heteroatoms. The van der Waals surface area contributed by atoms with Crippen molar-refractivity contribution in [1.82, 2.24) is 19.9 Å². The fraction of sp³-hybridized carbons (Fsp3) is 0.655. The summed E-state index contributed by atoms with van der Waals surface area (Å²) in [5, 5.41) is 0.161. The van der Waals surface area contributed by atoms with Crippen molar-refractivity contribution in [2.45, 2.75) is 108 Å². The van der Waals surface area contributed by atoms with Crippen molar-refractivity contribution in [2.24, 2.45) is 0 Å². The third-order valence-electron chi connectivity index (χ3n) is 6.37. The Hall–Kier alpha value is -2.86. The standard InChI is InChI=1S/C15H22ClN3O4.C9H12N2O2S.C5H12/c1-15(2,3)23-14(20)19-7-5-10(6-8-19)22-13-11(21-4)12(16)17-9-18-13;1-6-8(10)4-5-9(11-6)14(12,13)7-2-3-7;1-3-5-4-2/h9-10H,5-8H2,1-4H3;4-5,7H,2-3,10H2,1H3;3-5H2,1-2H3. The first kappa shape index (κ1) is 35.3. The first-order chi connectivity index (χ1) is 19.7. The number of hydrogen-bond donors (Lipinski definition) is 1. The molecule has 0 bridgehead atoms. The second kappa shape index (κ2) is 16.1. The molecule has 1 amide bonds. The summed E-state index contributed by atoms with van der Waals surface area (Å²) in [6, 6.07) is 3.08. The molecule has 0 atom stereocenters. The lowest BCUT2D eigenvalue weighted by Gasteiger charge is -2.33. The number of rotatable bonds is 7. The van der Waals surface area contributed by atoms with Crippen molar-refractivity contribution in [3.63, 3.8) is 0 Å². The quantitative estimate of drug-likeness (QED) is 0.361. The number of pyridine rings is 1. The molecule has 236 valence electrons. The van der Waals surface area contributed by atoms with Gasteiger partial charge >= 0.3 is 6.09 Å². The number of unbranched alkanes of at least 4 members (excludes halogenated alkanes) is 2. The van der Waals surface area contributed by atoms with Gasteiger partial charge < -0.3 is 24.8 Å². The first-order valence-corrected chi connectivity index (χ1v) is 16.3. The van der Waals surface area contributed by atoms with Gasteiger partial charge in [0.15, 0.2) is 20.0 Å². The van der Waals surface area contributed by atoms with E-state index in [1.165, 1.54) is 38.8 Å². The average Bonchev–Trinajstić information content (AvgIpc) is 3.78. The molecule has 2 aliphatic rings. The largest absolute Gasteiger partial charge is 0.489 e. The maximum Gasteiger partial charge on any atom is 0.410 e.